The molecule has 0 saturated carbocycles. The molecule has 1 aliphatic heterocycles. The number of aromatic nitrogens is 1. The number of pyridine rings is 1. The standard InChI is InChI=1S/C21H35N3O2/c1-6-14-23-16-9-8-12-18(23)17-11-10-13-22-19(17)24(15-7-2)20(25)26-21(3,4)5/h10-11,13,18H,6-9,12,14-16H2,1-5H3/t18-/m1/s1. The summed E-state index contributed by atoms with van der Waals surface area (Å²) in [6.45, 7) is 12.8. The van der Waals surface area contributed by atoms with E-state index in [1.165, 1.54) is 12.8 Å². The van der Waals surface area contributed by atoms with Gasteiger partial charge >= 0.3 is 6.09 Å². The van der Waals surface area contributed by atoms with Crippen LogP contribution in [0.25, 0.3) is 0 Å². The number of amides is 1. The van der Waals surface area contributed by atoms with E-state index in [1.54, 1.807) is 11.1 Å². The average molecular weight is 362 g/mol. The van der Waals surface area contributed by atoms with Gasteiger partial charge in [0, 0.05) is 24.3 Å². The number of piperidine rings is 1. The summed E-state index contributed by atoms with van der Waals surface area (Å²) in [4.78, 5) is 21.7. The Balaban J connectivity index is 2.36. The van der Waals surface area contributed by atoms with Gasteiger partial charge in [-0.1, -0.05) is 26.3 Å². The summed E-state index contributed by atoms with van der Waals surface area (Å²) in [6.07, 6.45) is 7.05. The molecule has 26 heavy (non-hydrogen) atoms. The van der Waals surface area contributed by atoms with Crippen LogP contribution in [-0.2, 0) is 4.74 Å². The van der Waals surface area contributed by atoms with E-state index in [-0.39, 0.29) is 6.09 Å². The summed E-state index contributed by atoms with van der Waals surface area (Å²) >= 11 is 0. The third-order valence-electron chi connectivity index (χ3n) is 4.62. The van der Waals surface area contributed by atoms with E-state index in [4.69, 9.17) is 4.74 Å². The third kappa shape index (κ3) is 5.44. The predicted molar refractivity (Wildman–Crippen MR) is 107 cm³/mol. The van der Waals surface area contributed by atoms with Gasteiger partial charge in [0.1, 0.15) is 11.4 Å². The van der Waals surface area contributed by atoms with Crippen molar-refractivity contribution in [3.8, 4) is 0 Å². The van der Waals surface area contributed by atoms with Crippen molar-refractivity contribution in [1.82, 2.24) is 9.88 Å². The molecule has 2 heterocycles. The summed E-state index contributed by atoms with van der Waals surface area (Å²) in [5.74, 6) is 0.761. The van der Waals surface area contributed by atoms with E-state index < -0.39 is 5.60 Å². The maximum Gasteiger partial charge on any atom is 0.416 e. The van der Waals surface area contributed by atoms with Crippen LogP contribution >= 0.6 is 0 Å². The minimum absolute atomic E-state index is 0.308. The molecule has 2 rings (SSSR count). The normalized spacial score (nSPS) is 18.6. The number of anilines is 1. The van der Waals surface area contributed by atoms with Gasteiger partial charge in [0.2, 0.25) is 0 Å². The van der Waals surface area contributed by atoms with Crippen molar-refractivity contribution in [2.24, 2.45) is 0 Å². The fraction of sp³-hybridized carbons (Fsp3) is 0.714. The molecule has 0 radical (unpaired) electrons. The summed E-state index contributed by atoms with van der Waals surface area (Å²) in [6, 6.07) is 4.44. The molecule has 1 saturated heterocycles. The van der Waals surface area contributed by atoms with Crippen LogP contribution in [0.15, 0.2) is 18.3 Å². The maximum absolute atomic E-state index is 12.8. The highest BCUT2D eigenvalue weighted by molar-refractivity contribution is 5.87. The van der Waals surface area contributed by atoms with Crippen molar-refractivity contribution in [3.63, 3.8) is 0 Å². The molecule has 0 unspecified atom stereocenters. The van der Waals surface area contributed by atoms with E-state index in [2.05, 4.69) is 29.8 Å². The molecule has 1 aromatic rings. The Morgan fingerprint density at radius 2 is 2.08 bits per heavy atom. The monoisotopic (exact) mass is 361 g/mol. The van der Waals surface area contributed by atoms with Gasteiger partial charge in [-0.15, -0.1) is 0 Å². The highest BCUT2D eigenvalue weighted by Gasteiger charge is 2.30. The Labute approximate surface area is 158 Å². The molecule has 1 atom stereocenters. The van der Waals surface area contributed by atoms with Gasteiger partial charge < -0.3 is 4.74 Å². The maximum atomic E-state index is 12.8. The van der Waals surface area contributed by atoms with Crippen LogP contribution in [0, 0.1) is 0 Å². The molecule has 146 valence electrons. The van der Waals surface area contributed by atoms with E-state index in [1.807, 2.05) is 26.8 Å². The number of likely N-dealkylation sites (tertiary alicyclic amines) is 1. The van der Waals surface area contributed by atoms with Gasteiger partial charge in [-0.05, 0) is 65.6 Å². The second-order valence-electron chi connectivity index (χ2n) is 8.10. The van der Waals surface area contributed by atoms with Crippen LogP contribution in [-0.4, -0.2) is 41.2 Å². The Morgan fingerprint density at radius 1 is 1.31 bits per heavy atom. The minimum Gasteiger partial charge on any atom is -0.443 e. The topological polar surface area (TPSA) is 45.7 Å². The molecule has 1 aromatic heterocycles. The van der Waals surface area contributed by atoms with Crippen LogP contribution < -0.4 is 4.90 Å². The minimum atomic E-state index is -0.517. The zero-order valence-electron chi connectivity index (χ0n) is 17.1. The van der Waals surface area contributed by atoms with E-state index >= 15 is 0 Å². The summed E-state index contributed by atoms with van der Waals surface area (Å²) in [5, 5.41) is 0. The first-order valence-corrected chi connectivity index (χ1v) is 10.1. The molecule has 5 heteroatoms. The van der Waals surface area contributed by atoms with Crippen LogP contribution in [0.4, 0.5) is 10.6 Å². The van der Waals surface area contributed by atoms with E-state index in [0.717, 1.165) is 43.7 Å². The van der Waals surface area contributed by atoms with E-state index in [9.17, 15) is 4.79 Å². The summed E-state index contributed by atoms with van der Waals surface area (Å²) in [5.41, 5.74) is 0.636. The number of carbonyl (C=O) groups excluding carboxylic acids is 1. The van der Waals surface area contributed by atoms with Gasteiger partial charge in [0.15, 0.2) is 0 Å². The number of nitrogens with zero attached hydrogens (tertiary/aromatic N) is 3. The molecular formula is C21H35N3O2. The van der Waals surface area contributed by atoms with Gasteiger partial charge in [-0.3, -0.25) is 9.80 Å². The number of hydrogen-bond acceptors (Lipinski definition) is 4. The summed E-state index contributed by atoms with van der Waals surface area (Å²) in [7, 11) is 0. The lowest BCUT2D eigenvalue weighted by atomic mass is 9.95. The molecule has 1 fully saturated rings. The molecular weight excluding hydrogens is 326 g/mol. The van der Waals surface area contributed by atoms with Crippen molar-refractivity contribution < 1.29 is 9.53 Å². The van der Waals surface area contributed by atoms with Crippen LogP contribution in [0.2, 0.25) is 0 Å². The Kier molecular flexibility index (Phi) is 7.44. The molecule has 0 bridgehead atoms. The van der Waals surface area contributed by atoms with Gasteiger partial charge in [-0.25, -0.2) is 9.78 Å². The molecule has 0 aliphatic carbocycles. The second kappa shape index (κ2) is 9.36. The van der Waals surface area contributed by atoms with Crippen LogP contribution in [0.3, 0.4) is 0 Å². The van der Waals surface area contributed by atoms with Crippen molar-refractivity contribution in [1.29, 1.82) is 0 Å². The first-order chi connectivity index (χ1) is 12.4. The van der Waals surface area contributed by atoms with Crippen LogP contribution in [0.5, 0.6) is 0 Å². The van der Waals surface area contributed by atoms with Crippen LogP contribution in [0.1, 0.15) is 78.3 Å². The summed E-state index contributed by atoms with van der Waals surface area (Å²) < 4.78 is 5.66. The number of rotatable bonds is 6. The number of ether oxygens (including phenoxy) is 1. The lowest BCUT2D eigenvalue weighted by Gasteiger charge is -2.37. The van der Waals surface area contributed by atoms with E-state index in [0.29, 0.717) is 12.6 Å². The van der Waals surface area contributed by atoms with Crippen molar-refractivity contribution in [2.45, 2.75) is 78.4 Å². The molecule has 0 spiro atoms. The predicted octanol–water partition coefficient (Wildman–Crippen LogP) is 5.17. The first-order valence-electron chi connectivity index (χ1n) is 10.1. The number of carbonyl (C=O) groups is 1. The fourth-order valence-corrected chi connectivity index (χ4v) is 3.62. The average Bonchev–Trinajstić information content (AvgIpc) is 2.59. The molecule has 0 aromatic carbocycles. The van der Waals surface area contributed by atoms with Crippen molar-refractivity contribution in [2.75, 3.05) is 24.5 Å². The van der Waals surface area contributed by atoms with Crippen molar-refractivity contribution in [3.05, 3.63) is 23.9 Å². The SMILES string of the molecule is CCCN(C(=O)OC(C)(C)C)c1ncccc1[C@H]1CCCCN1CCC. The zero-order valence-corrected chi connectivity index (χ0v) is 17.1. The molecule has 5 nitrogen and oxygen atoms in total. The Morgan fingerprint density at radius 3 is 2.73 bits per heavy atom. The van der Waals surface area contributed by atoms with Crippen molar-refractivity contribution >= 4 is 11.9 Å². The highest BCUT2D eigenvalue weighted by Crippen LogP contribution is 2.36. The van der Waals surface area contributed by atoms with Gasteiger partial charge in [-0.2, -0.15) is 0 Å². The van der Waals surface area contributed by atoms with Gasteiger partial charge in [0.25, 0.3) is 0 Å². The molecule has 0 N–H and O–H groups in total. The fourth-order valence-electron chi connectivity index (χ4n) is 3.62. The third-order valence-corrected chi connectivity index (χ3v) is 4.62. The quantitative estimate of drug-likeness (QED) is 0.701. The second-order valence-corrected chi connectivity index (χ2v) is 8.10. The highest BCUT2D eigenvalue weighted by atomic mass is 16.6. The number of hydrogen-bond donors (Lipinski definition) is 0. The van der Waals surface area contributed by atoms with Gasteiger partial charge in [0.05, 0.1) is 0 Å². The Bertz CT molecular complexity index is 581. The largest absolute Gasteiger partial charge is 0.443 e. The lowest BCUT2D eigenvalue weighted by molar-refractivity contribution is 0.0578. The smallest absolute Gasteiger partial charge is 0.416 e. The Hall–Kier alpha value is -1.62. The molecule has 1 aliphatic rings. The molecule has 1 amide bonds. The first kappa shape index (κ1) is 20.7. The zero-order chi connectivity index (χ0) is 19.2. The lowest BCUT2D eigenvalue weighted by Crippen LogP contribution is -2.40.